The topological polar surface area (TPSA) is 79.8 Å². The SMILES string of the molecule is COc1ccc(S(=O)(=O)CC(=O)N2CCN(c3nc4c(C)c(C)ccc4s3)CC2)cc1. The number of anilines is 1. The molecule has 0 atom stereocenters. The van der Waals surface area contributed by atoms with Crippen LogP contribution in [0.15, 0.2) is 41.3 Å². The lowest BCUT2D eigenvalue weighted by atomic mass is 10.1. The summed E-state index contributed by atoms with van der Waals surface area (Å²) in [5.41, 5.74) is 3.44. The van der Waals surface area contributed by atoms with Crippen molar-refractivity contribution in [3.8, 4) is 5.75 Å². The van der Waals surface area contributed by atoms with E-state index in [-0.39, 0.29) is 10.8 Å². The van der Waals surface area contributed by atoms with Crippen molar-refractivity contribution in [3.63, 3.8) is 0 Å². The Morgan fingerprint density at radius 3 is 2.39 bits per heavy atom. The first-order valence-electron chi connectivity index (χ1n) is 10.0. The van der Waals surface area contributed by atoms with Gasteiger partial charge in [0, 0.05) is 26.2 Å². The normalized spacial score (nSPS) is 14.8. The van der Waals surface area contributed by atoms with Gasteiger partial charge in [0.05, 0.1) is 22.2 Å². The molecule has 1 aromatic heterocycles. The van der Waals surface area contributed by atoms with E-state index < -0.39 is 15.6 Å². The Kier molecular flexibility index (Phi) is 5.90. The lowest BCUT2D eigenvalue weighted by molar-refractivity contribution is -0.128. The number of nitrogens with zero attached hydrogens (tertiary/aromatic N) is 3. The Hall–Kier alpha value is -2.65. The van der Waals surface area contributed by atoms with E-state index in [1.807, 2.05) is 0 Å². The second kappa shape index (κ2) is 8.47. The minimum Gasteiger partial charge on any atom is -0.497 e. The number of hydrogen-bond donors (Lipinski definition) is 0. The minimum absolute atomic E-state index is 0.125. The maximum Gasteiger partial charge on any atom is 0.238 e. The summed E-state index contributed by atoms with van der Waals surface area (Å²) in [7, 11) is -2.18. The molecule has 0 saturated carbocycles. The average molecular weight is 460 g/mol. The first kappa shape index (κ1) is 21.6. The average Bonchev–Trinajstić information content (AvgIpc) is 3.21. The molecular formula is C22H25N3O4S2. The summed E-state index contributed by atoms with van der Waals surface area (Å²) in [5.74, 6) is -0.327. The fraction of sp³-hybridized carbons (Fsp3) is 0.364. The minimum atomic E-state index is -3.70. The van der Waals surface area contributed by atoms with Crippen molar-refractivity contribution in [1.29, 1.82) is 0 Å². The lowest BCUT2D eigenvalue weighted by Crippen LogP contribution is -2.50. The first-order chi connectivity index (χ1) is 14.8. The van der Waals surface area contributed by atoms with Crippen LogP contribution in [0.1, 0.15) is 11.1 Å². The molecule has 0 spiro atoms. The van der Waals surface area contributed by atoms with Crippen LogP contribution in [0.2, 0.25) is 0 Å². The number of piperazine rings is 1. The zero-order chi connectivity index (χ0) is 22.2. The zero-order valence-corrected chi connectivity index (χ0v) is 19.4. The maximum atomic E-state index is 12.7. The summed E-state index contributed by atoms with van der Waals surface area (Å²) in [6, 6.07) is 10.3. The summed E-state index contributed by atoms with van der Waals surface area (Å²) in [5, 5.41) is 0.946. The number of methoxy groups -OCH3 is 1. The fourth-order valence-electron chi connectivity index (χ4n) is 3.62. The highest BCUT2D eigenvalue weighted by Crippen LogP contribution is 2.32. The molecule has 1 aliphatic rings. The number of fused-ring (bicyclic) bond motifs is 1. The molecule has 0 N–H and O–H groups in total. The Morgan fingerprint density at radius 2 is 1.74 bits per heavy atom. The number of aromatic nitrogens is 1. The van der Waals surface area contributed by atoms with Crippen LogP contribution in [-0.4, -0.2) is 63.3 Å². The standard InChI is InChI=1S/C22H25N3O4S2/c1-15-4-9-19-21(16(15)2)23-22(30-19)25-12-10-24(11-13-25)20(26)14-31(27,28)18-7-5-17(29-3)6-8-18/h4-9H,10-14H2,1-3H3. The first-order valence-corrected chi connectivity index (χ1v) is 12.5. The molecule has 0 radical (unpaired) electrons. The van der Waals surface area contributed by atoms with Crippen LogP contribution in [-0.2, 0) is 14.6 Å². The molecule has 1 fully saturated rings. The fourth-order valence-corrected chi connectivity index (χ4v) is 5.92. The zero-order valence-electron chi connectivity index (χ0n) is 17.8. The van der Waals surface area contributed by atoms with Crippen molar-refractivity contribution in [2.75, 3.05) is 43.9 Å². The lowest BCUT2D eigenvalue weighted by Gasteiger charge is -2.34. The number of sulfone groups is 1. The quantitative estimate of drug-likeness (QED) is 0.584. The molecule has 4 rings (SSSR count). The number of carbonyl (C=O) groups is 1. The van der Waals surface area contributed by atoms with Gasteiger partial charge in [-0.25, -0.2) is 13.4 Å². The highest BCUT2D eigenvalue weighted by Gasteiger charge is 2.27. The van der Waals surface area contributed by atoms with E-state index in [2.05, 4.69) is 30.9 Å². The second-order valence-electron chi connectivity index (χ2n) is 7.65. The molecule has 3 aromatic rings. The van der Waals surface area contributed by atoms with Crippen molar-refractivity contribution in [1.82, 2.24) is 9.88 Å². The van der Waals surface area contributed by atoms with E-state index in [9.17, 15) is 13.2 Å². The Balaban J connectivity index is 1.40. The van der Waals surface area contributed by atoms with Crippen LogP contribution in [0.3, 0.4) is 0 Å². The van der Waals surface area contributed by atoms with Crippen molar-refractivity contribution in [2.45, 2.75) is 18.7 Å². The molecule has 9 heteroatoms. The Labute approximate surface area is 186 Å². The molecule has 0 bridgehead atoms. The predicted molar refractivity (Wildman–Crippen MR) is 123 cm³/mol. The van der Waals surface area contributed by atoms with E-state index >= 15 is 0 Å². The van der Waals surface area contributed by atoms with E-state index in [1.165, 1.54) is 30.4 Å². The van der Waals surface area contributed by atoms with Gasteiger partial charge in [0.1, 0.15) is 11.5 Å². The molecule has 7 nitrogen and oxygen atoms in total. The van der Waals surface area contributed by atoms with Crippen molar-refractivity contribution in [2.24, 2.45) is 0 Å². The van der Waals surface area contributed by atoms with E-state index in [1.54, 1.807) is 28.4 Å². The van der Waals surface area contributed by atoms with Gasteiger partial charge in [-0.2, -0.15) is 0 Å². The van der Waals surface area contributed by atoms with Gasteiger partial charge in [-0.3, -0.25) is 4.79 Å². The molecule has 2 aromatic carbocycles. The number of ether oxygens (including phenoxy) is 1. The number of rotatable bonds is 5. The third-order valence-corrected chi connectivity index (χ3v) is 8.41. The maximum absolute atomic E-state index is 12.7. The van der Waals surface area contributed by atoms with Gasteiger partial charge < -0.3 is 14.5 Å². The number of hydrogen-bond acceptors (Lipinski definition) is 7. The molecule has 0 aliphatic carbocycles. The van der Waals surface area contributed by atoms with Gasteiger partial charge in [-0.1, -0.05) is 17.4 Å². The summed E-state index contributed by atoms with van der Waals surface area (Å²) in [6.45, 7) is 6.38. The van der Waals surface area contributed by atoms with E-state index in [0.717, 1.165) is 15.3 Å². The third-order valence-electron chi connectivity index (χ3n) is 5.71. The second-order valence-corrected chi connectivity index (χ2v) is 10.7. The number of amides is 1. The monoisotopic (exact) mass is 459 g/mol. The predicted octanol–water partition coefficient (Wildman–Crippen LogP) is 3.04. The smallest absolute Gasteiger partial charge is 0.238 e. The number of benzene rings is 2. The van der Waals surface area contributed by atoms with E-state index in [0.29, 0.717) is 31.9 Å². The van der Waals surface area contributed by atoms with E-state index in [4.69, 9.17) is 9.72 Å². The van der Waals surface area contributed by atoms with Crippen molar-refractivity contribution < 1.29 is 17.9 Å². The van der Waals surface area contributed by atoms with Gasteiger partial charge in [0.25, 0.3) is 0 Å². The molecule has 1 saturated heterocycles. The summed E-state index contributed by atoms with van der Waals surface area (Å²) in [6.07, 6.45) is 0. The van der Waals surface area contributed by atoms with Gasteiger partial charge in [0.2, 0.25) is 5.91 Å². The highest BCUT2D eigenvalue weighted by atomic mass is 32.2. The van der Waals surface area contributed by atoms with Gasteiger partial charge in [-0.05, 0) is 55.3 Å². The molecular weight excluding hydrogens is 434 g/mol. The van der Waals surface area contributed by atoms with Crippen LogP contribution >= 0.6 is 11.3 Å². The largest absolute Gasteiger partial charge is 0.497 e. The van der Waals surface area contributed by atoms with Gasteiger partial charge in [-0.15, -0.1) is 0 Å². The number of thiazole rings is 1. The van der Waals surface area contributed by atoms with Crippen LogP contribution in [0.25, 0.3) is 10.2 Å². The molecule has 31 heavy (non-hydrogen) atoms. The Morgan fingerprint density at radius 1 is 1.06 bits per heavy atom. The highest BCUT2D eigenvalue weighted by molar-refractivity contribution is 7.92. The van der Waals surface area contributed by atoms with Crippen LogP contribution in [0, 0.1) is 13.8 Å². The molecule has 1 amide bonds. The molecule has 164 valence electrons. The molecule has 2 heterocycles. The van der Waals surface area contributed by atoms with Crippen molar-refractivity contribution >= 4 is 42.4 Å². The van der Waals surface area contributed by atoms with Crippen LogP contribution in [0.5, 0.6) is 5.75 Å². The van der Waals surface area contributed by atoms with Crippen LogP contribution in [0.4, 0.5) is 5.13 Å². The van der Waals surface area contributed by atoms with Gasteiger partial charge in [0.15, 0.2) is 15.0 Å². The summed E-state index contributed by atoms with van der Waals surface area (Å²) in [4.78, 5) is 21.4. The third kappa shape index (κ3) is 4.38. The Bertz CT molecular complexity index is 1210. The van der Waals surface area contributed by atoms with Gasteiger partial charge >= 0.3 is 0 Å². The number of carbonyl (C=O) groups excluding carboxylic acids is 1. The summed E-state index contributed by atoms with van der Waals surface area (Å²) >= 11 is 1.65. The summed E-state index contributed by atoms with van der Waals surface area (Å²) < 4.78 is 31.5. The van der Waals surface area contributed by atoms with Crippen LogP contribution < -0.4 is 9.64 Å². The van der Waals surface area contributed by atoms with Crippen molar-refractivity contribution in [3.05, 3.63) is 47.5 Å². The number of aryl methyl sites for hydroxylation is 2. The molecule has 0 unspecified atom stereocenters. The molecule has 1 aliphatic heterocycles.